The highest BCUT2D eigenvalue weighted by Crippen LogP contribution is 2.33. The van der Waals surface area contributed by atoms with Crippen molar-refractivity contribution < 1.29 is 14.5 Å². The highest BCUT2D eigenvalue weighted by Gasteiger charge is 2.16. The molecule has 0 saturated heterocycles. The van der Waals surface area contributed by atoms with E-state index in [0.717, 1.165) is 0 Å². The second kappa shape index (κ2) is 8.15. The van der Waals surface area contributed by atoms with Crippen LogP contribution in [0.5, 0.6) is 11.5 Å². The molecule has 2 aromatic carbocycles. The maximum Gasteiger partial charge on any atom is 0.313 e. The van der Waals surface area contributed by atoms with Gasteiger partial charge in [-0.25, -0.2) is 5.43 Å². The summed E-state index contributed by atoms with van der Waals surface area (Å²) in [5, 5.41) is 15.2. The van der Waals surface area contributed by atoms with Crippen LogP contribution in [-0.4, -0.2) is 22.0 Å². The number of nitro groups is 1. The molecule has 136 valence electrons. The summed E-state index contributed by atoms with van der Waals surface area (Å²) in [5.41, 5.74) is 3.28. The van der Waals surface area contributed by atoms with Crippen molar-refractivity contribution >= 4 is 29.4 Å². The summed E-state index contributed by atoms with van der Waals surface area (Å²) in [6.07, 6.45) is 3.11. The second-order valence-corrected chi connectivity index (χ2v) is 5.76. The third-order valence-corrected chi connectivity index (χ3v) is 3.68. The maximum absolute atomic E-state index is 11.7. The number of hydrogen-bond donors (Lipinski definition) is 2. The summed E-state index contributed by atoms with van der Waals surface area (Å²) in [7, 11) is 0. The number of carbonyl (C=O) groups is 1. The van der Waals surface area contributed by atoms with Crippen molar-refractivity contribution in [2.24, 2.45) is 5.10 Å². The first-order valence-electron chi connectivity index (χ1n) is 7.71. The molecule has 1 heterocycles. The second-order valence-electron chi connectivity index (χ2n) is 5.32. The average molecular weight is 385 g/mol. The summed E-state index contributed by atoms with van der Waals surface area (Å²) < 4.78 is 5.55. The number of benzene rings is 2. The molecule has 0 radical (unpaired) electrons. The SMILES string of the molecule is O=C(N/N=C\c1ccc(Oc2ccc(Cl)cc2[N+](=O)[O-])cc1)c1ccc[nH]1. The van der Waals surface area contributed by atoms with Crippen LogP contribution in [0.3, 0.4) is 0 Å². The van der Waals surface area contributed by atoms with Crippen LogP contribution in [0.2, 0.25) is 5.02 Å². The molecule has 0 spiro atoms. The summed E-state index contributed by atoms with van der Waals surface area (Å²) in [6.45, 7) is 0. The van der Waals surface area contributed by atoms with Gasteiger partial charge in [-0.3, -0.25) is 14.9 Å². The molecule has 8 nitrogen and oxygen atoms in total. The van der Waals surface area contributed by atoms with Crippen molar-refractivity contribution in [3.8, 4) is 11.5 Å². The van der Waals surface area contributed by atoms with E-state index in [1.54, 1.807) is 42.6 Å². The summed E-state index contributed by atoms with van der Waals surface area (Å²) >= 11 is 5.78. The van der Waals surface area contributed by atoms with Crippen LogP contribution in [0.4, 0.5) is 5.69 Å². The first kappa shape index (κ1) is 18.2. The van der Waals surface area contributed by atoms with Crippen LogP contribution in [0.1, 0.15) is 16.1 Å². The van der Waals surface area contributed by atoms with Gasteiger partial charge < -0.3 is 9.72 Å². The molecular formula is C18H13ClN4O4. The van der Waals surface area contributed by atoms with Crippen molar-refractivity contribution in [3.05, 3.63) is 87.2 Å². The Balaban J connectivity index is 1.65. The van der Waals surface area contributed by atoms with E-state index in [0.29, 0.717) is 17.0 Å². The summed E-state index contributed by atoms with van der Waals surface area (Å²) in [5.74, 6) is 0.142. The monoisotopic (exact) mass is 384 g/mol. The lowest BCUT2D eigenvalue weighted by molar-refractivity contribution is -0.385. The third kappa shape index (κ3) is 4.71. The minimum absolute atomic E-state index is 0.0871. The molecule has 0 unspecified atom stereocenters. The van der Waals surface area contributed by atoms with Crippen molar-refractivity contribution in [2.75, 3.05) is 0 Å². The van der Waals surface area contributed by atoms with Gasteiger partial charge in [0.1, 0.15) is 11.4 Å². The number of rotatable bonds is 6. The standard InChI is InChI=1S/C18H13ClN4O4/c19-13-5-8-17(16(10-13)23(25)26)27-14-6-3-12(4-7-14)11-21-22-18(24)15-2-1-9-20-15/h1-11,20H,(H,22,24)/b21-11-. The average Bonchev–Trinajstić information content (AvgIpc) is 3.19. The molecule has 9 heteroatoms. The number of nitro benzene ring substituents is 1. The highest BCUT2D eigenvalue weighted by molar-refractivity contribution is 6.30. The highest BCUT2D eigenvalue weighted by atomic mass is 35.5. The topological polar surface area (TPSA) is 110 Å². The Bertz CT molecular complexity index is 985. The van der Waals surface area contributed by atoms with Gasteiger partial charge in [0, 0.05) is 17.3 Å². The van der Waals surface area contributed by atoms with E-state index in [-0.39, 0.29) is 22.4 Å². The minimum atomic E-state index is -0.560. The molecule has 1 aromatic heterocycles. The zero-order valence-corrected chi connectivity index (χ0v) is 14.5. The smallest absolute Gasteiger partial charge is 0.313 e. The van der Waals surface area contributed by atoms with Crippen molar-refractivity contribution in [1.82, 2.24) is 10.4 Å². The predicted octanol–water partition coefficient (Wildman–Crippen LogP) is 4.13. The van der Waals surface area contributed by atoms with E-state index in [1.165, 1.54) is 24.4 Å². The lowest BCUT2D eigenvalue weighted by Crippen LogP contribution is -2.17. The lowest BCUT2D eigenvalue weighted by atomic mass is 10.2. The van der Waals surface area contributed by atoms with Gasteiger partial charge in [-0.15, -0.1) is 0 Å². The van der Waals surface area contributed by atoms with Crippen LogP contribution in [0.15, 0.2) is 65.9 Å². The first-order valence-corrected chi connectivity index (χ1v) is 8.09. The molecule has 2 N–H and O–H groups in total. The maximum atomic E-state index is 11.7. The van der Waals surface area contributed by atoms with Crippen molar-refractivity contribution in [1.29, 1.82) is 0 Å². The van der Waals surface area contributed by atoms with Gasteiger partial charge in [-0.2, -0.15) is 5.10 Å². The number of hydrogen-bond acceptors (Lipinski definition) is 5. The van der Waals surface area contributed by atoms with Gasteiger partial charge in [0.15, 0.2) is 0 Å². The van der Waals surface area contributed by atoms with E-state index in [9.17, 15) is 14.9 Å². The van der Waals surface area contributed by atoms with Gasteiger partial charge in [-0.05, 0) is 54.1 Å². The van der Waals surface area contributed by atoms with Gasteiger partial charge in [-0.1, -0.05) is 11.6 Å². The molecule has 0 saturated carbocycles. The fourth-order valence-electron chi connectivity index (χ4n) is 2.17. The zero-order chi connectivity index (χ0) is 19.2. The van der Waals surface area contributed by atoms with E-state index in [1.807, 2.05) is 0 Å². The van der Waals surface area contributed by atoms with E-state index in [2.05, 4.69) is 15.5 Å². The predicted molar refractivity (Wildman–Crippen MR) is 100 cm³/mol. The molecule has 0 bridgehead atoms. The summed E-state index contributed by atoms with van der Waals surface area (Å²) in [6, 6.07) is 14.2. The number of nitrogens with one attached hydrogen (secondary N) is 2. The Kier molecular flexibility index (Phi) is 5.48. The number of ether oxygens (including phenoxy) is 1. The van der Waals surface area contributed by atoms with Crippen LogP contribution in [-0.2, 0) is 0 Å². The molecule has 0 aliphatic carbocycles. The summed E-state index contributed by atoms with van der Waals surface area (Å²) in [4.78, 5) is 25.0. The fraction of sp³-hybridized carbons (Fsp3) is 0. The van der Waals surface area contributed by atoms with Crippen LogP contribution in [0.25, 0.3) is 0 Å². The minimum Gasteiger partial charge on any atom is -0.450 e. The molecule has 1 amide bonds. The largest absolute Gasteiger partial charge is 0.450 e. The number of halogens is 1. The number of H-pyrrole nitrogens is 1. The van der Waals surface area contributed by atoms with Crippen molar-refractivity contribution in [2.45, 2.75) is 0 Å². The van der Waals surface area contributed by atoms with Crippen LogP contribution >= 0.6 is 11.6 Å². The van der Waals surface area contributed by atoms with E-state index < -0.39 is 4.92 Å². The zero-order valence-electron chi connectivity index (χ0n) is 13.8. The van der Waals surface area contributed by atoms with E-state index >= 15 is 0 Å². The number of hydrazone groups is 1. The molecule has 27 heavy (non-hydrogen) atoms. The Morgan fingerprint density at radius 3 is 2.67 bits per heavy atom. The molecule has 0 aliphatic rings. The Morgan fingerprint density at radius 2 is 2.00 bits per heavy atom. The third-order valence-electron chi connectivity index (χ3n) is 3.45. The number of aromatic nitrogens is 1. The lowest BCUT2D eigenvalue weighted by Gasteiger charge is -2.06. The molecule has 0 aliphatic heterocycles. The molecule has 0 fully saturated rings. The Morgan fingerprint density at radius 1 is 1.22 bits per heavy atom. The Labute approximate surface area is 158 Å². The van der Waals surface area contributed by atoms with Gasteiger partial charge >= 0.3 is 5.69 Å². The number of amides is 1. The van der Waals surface area contributed by atoms with Crippen molar-refractivity contribution in [3.63, 3.8) is 0 Å². The quantitative estimate of drug-likeness (QED) is 0.378. The molecule has 0 atom stereocenters. The first-order chi connectivity index (χ1) is 13.0. The van der Waals surface area contributed by atoms with E-state index in [4.69, 9.17) is 16.3 Å². The van der Waals surface area contributed by atoms with Crippen LogP contribution < -0.4 is 10.2 Å². The number of nitrogens with zero attached hydrogens (tertiary/aromatic N) is 2. The van der Waals surface area contributed by atoms with Gasteiger partial charge in [0.2, 0.25) is 5.75 Å². The fourth-order valence-corrected chi connectivity index (χ4v) is 2.33. The number of aromatic amines is 1. The molecule has 3 rings (SSSR count). The van der Waals surface area contributed by atoms with Crippen LogP contribution in [0, 0.1) is 10.1 Å². The molecular weight excluding hydrogens is 372 g/mol. The number of carbonyl (C=O) groups excluding carboxylic acids is 1. The Hall–Kier alpha value is -3.65. The molecule has 3 aromatic rings. The van der Waals surface area contributed by atoms with Gasteiger partial charge in [0.25, 0.3) is 5.91 Å². The normalized spacial score (nSPS) is 10.7. The van der Waals surface area contributed by atoms with Gasteiger partial charge in [0.05, 0.1) is 11.1 Å².